The lowest BCUT2D eigenvalue weighted by Crippen LogP contribution is -2.48. The first-order chi connectivity index (χ1) is 18.4. The van der Waals surface area contributed by atoms with Gasteiger partial charge in [0, 0.05) is 25.4 Å². The quantitative estimate of drug-likeness (QED) is 0.169. The van der Waals surface area contributed by atoms with Gasteiger partial charge in [-0.25, -0.2) is 23.1 Å². The van der Waals surface area contributed by atoms with Crippen LogP contribution in [-0.4, -0.2) is 49.8 Å². The van der Waals surface area contributed by atoms with E-state index in [1.807, 2.05) is 0 Å². The van der Waals surface area contributed by atoms with Crippen molar-refractivity contribution in [3.05, 3.63) is 29.7 Å². The second-order valence-corrected chi connectivity index (χ2v) is 13.1. The van der Waals surface area contributed by atoms with Crippen LogP contribution in [0.4, 0.5) is 26.7 Å². The molecular weight excluding hydrogens is 555 g/mol. The fraction of sp³-hybridized carbons (Fsp3) is 0.731. The second-order valence-electron chi connectivity index (χ2n) is 12.2. The van der Waals surface area contributed by atoms with Crippen LogP contribution in [0.15, 0.2) is 18.5 Å². The number of alkyl halides is 5. The highest BCUT2D eigenvalue weighted by Gasteiger charge is 2.41. The Morgan fingerprint density at radius 1 is 1.18 bits per heavy atom. The van der Waals surface area contributed by atoms with Gasteiger partial charge in [-0.15, -0.1) is 0 Å². The third-order valence-electron chi connectivity index (χ3n) is 7.17. The number of thiol groups is 1. The van der Waals surface area contributed by atoms with E-state index >= 15 is 0 Å². The monoisotopic (exact) mass is 592 g/mol. The van der Waals surface area contributed by atoms with Crippen LogP contribution >= 0.6 is 12.6 Å². The number of carbonyl (C=O) groups is 1. The van der Waals surface area contributed by atoms with E-state index in [1.165, 1.54) is 4.52 Å². The van der Waals surface area contributed by atoms with E-state index in [0.717, 1.165) is 18.4 Å². The summed E-state index contributed by atoms with van der Waals surface area (Å²) in [6, 6.07) is 0.821. The highest BCUT2D eigenvalue weighted by Crippen LogP contribution is 2.43. The van der Waals surface area contributed by atoms with Gasteiger partial charge in [-0.1, -0.05) is 0 Å². The lowest BCUT2D eigenvalue weighted by molar-refractivity contribution is -0.140. The number of nitrogens with two attached hydrogens (primary N) is 1. The number of aromatic nitrogens is 3. The largest absolute Gasteiger partial charge is 0.444 e. The molecule has 2 aliphatic rings. The zero-order valence-electron chi connectivity index (χ0n) is 22.8. The Morgan fingerprint density at radius 3 is 2.38 bits per heavy atom. The predicted molar refractivity (Wildman–Crippen MR) is 142 cm³/mol. The first-order valence-electron chi connectivity index (χ1n) is 13.4. The van der Waals surface area contributed by atoms with E-state index < -0.39 is 41.1 Å². The van der Waals surface area contributed by atoms with Gasteiger partial charge in [0.15, 0.2) is 5.65 Å². The Bertz CT molecular complexity index is 1180. The van der Waals surface area contributed by atoms with Crippen molar-refractivity contribution >= 4 is 24.4 Å². The minimum absolute atomic E-state index is 0.171. The summed E-state index contributed by atoms with van der Waals surface area (Å²) in [7, 11) is 0. The molecule has 0 aliphatic heterocycles. The van der Waals surface area contributed by atoms with Crippen LogP contribution in [0.5, 0.6) is 0 Å². The molecule has 0 radical (unpaired) electrons. The summed E-state index contributed by atoms with van der Waals surface area (Å²) in [5.41, 5.74) is 6.70. The molecule has 1 unspecified atom stereocenters. The van der Waals surface area contributed by atoms with Gasteiger partial charge < -0.3 is 21.1 Å². The van der Waals surface area contributed by atoms with Gasteiger partial charge in [0.25, 0.3) is 0 Å². The Morgan fingerprint density at radius 2 is 1.80 bits per heavy atom. The van der Waals surface area contributed by atoms with Gasteiger partial charge in [-0.05, 0) is 69.9 Å². The molecule has 40 heavy (non-hydrogen) atoms. The Kier molecular flexibility index (Phi) is 8.64. The van der Waals surface area contributed by atoms with Gasteiger partial charge in [-0.3, -0.25) is 0 Å². The summed E-state index contributed by atoms with van der Waals surface area (Å²) < 4.78 is 73.4. The number of nitrogens with one attached hydrogen (secondary N) is 2. The van der Waals surface area contributed by atoms with Crippen LogP contribution in [0.2, 0.25) is 0 Å². The number of hydrogen-bond donors (Lipinski definition) is 4. The van der Waals surface area contributed by atoms with Crippen LogP contribution in [0.25, 0.3) is 5.65 Å². The molecule has 1 amide bonds. The maximum absolute atomic E-state index is 13.9. The summed E-state index contributed by atoms with van der Waals surface area (Å²) >= 11 is 4.03. The van der Waals surface area contributed by atoms with Crippen LogP contribution in [0.3, 0.4) is 0 Å². The van der Waals surface area contributed by atoms with Gasteiger partial charge in [0.1, 0.15) is 5.60 Å². The molecule has 224 valence electrons. The average Bonchev–Trinajstić information content (AvgIpc) is 3.52. The van der Waals surface area contributed by atoms with Crippen LogP contribution < -0.4 is 16.4 Å². The fourth-order valence-electron chi connectivity index (χ4n) is 5.18. The molecule has 4 rings (SSSR count). The van der Waals surface area contributed by atoms with E-state index in [2.05, 4.69) is 33.3 Å². The number of halogens is 5. The van der Waals surface area contributed by atoms with E-state index in [0.29, 0.717) is 11.3 Å². The highest BCUT2D eigenvalue weighted by atomic mass is 32.1. The lowest BCUT2D eigenvalue weighted by atomic mass is 9.81. The molecule has 3 atom stereocenters. The summed E-state index contributed by atoms with van der Waals surface area (Å²) in [6.07, 6.45) is -1.44. The molecule has 8 nitrogen and oxygen atoms in total. The van der Waals surface area contributed by atoms with E-state index in [-0.39, 0.29) is 50.1 Å². The Hall–Kier alpha value is -2.19. The molecule has 0 aromatic carbocycles. The van der Waals surface area contributed by atoms with Crippen molar-refractivity contribution in [2.45, 2.75) is 100 Å². The molecule has 4 N–H and O–H groups in total. The number of imidazole rings is 1. The van der Waals surface area contributed by atoms with Crippen molar-refractivity contribution in [1.29, 1.82) is 0 Å². The van der Waals surface area contributed by atoms with Crippen LogP contribution in [0, 0.1) is 11.8 Å². The van der Waals surface area contributed by atoms with Crippen LogP contribution in [-0.2, 0) is 4.74 Å². The zero-order valence-corrected chi connectivity index (χ0v) is 23.7. The smallest absolute Gasteiger partial charge is 0.408 e. The van der Waals surface area contributed by atoms with Crippen LogP contribution in [0.1, 0.15) is 89.1 Å². The maximum Gasteiger partial charge on any atom is 0.408 e. The lowest BCUT2D eigenvalue weighted by Gasteiger charge is -2.33. The molecule has 0 bridgehead atoms. The maximum atomic E-state index is 13.9. The van der Waals surface area contributed by atoms with Crippen molar-refractivity contribution in [2.24, 2.45) is 17.6 Å². The molecule has 2 aromatic rings. The molecule has 0 saturated heterocycles. The SMILES string of the molecule is CC(C)(C)OC(=O)N[C@H](c1cn2ncc([C@H](NCC(N)(S)CC(F)(F)F)C3CC3)cc2n1)C1CCC(F)(F)CC1. The molecule has 14 heteroatoms. The molecule has 0 spiro atoms. The molecule has 2 fully saturated rings. The minimum Gasteiger partial charge on any atom is -0.444 e. The van der Waals surface area contributed by atoms with Crippen molar-refractivity contribution in [3.63, 3.8) is 0 Å². The van der Waals surface area contributed by atoms with Crippen molar-refractivity contribution in [2.75, 3.05) is 6.54 Å². The third kappa shape index (κ3) is 8.65. The molecule has 2 aliphatic carbocycles. The first kappa shape index (κ1) is 30.8. The van der Waals surface area contributed by atoms with E-state index in [9.17, 15) is 26.7 Å². The number of nitrogens with zero attached hydrogens (tertiary/aromatic N) is 3. The molecular formula is C26H37F5N6O2S. The number of carbonyl (C=O) groups excluding carboxylic acids is 1. The zero-order chi connectivity index (χ0) is 29.5. The number of amides is 1. The minimum atomic E-state index is -4.45. The summed E-state index contributed by atoms with van der Waals surface area (Å²) in [6.45, 7) is 5.02. The van der Waals surface area contributed by atoms with Gasteiger partial charge >= 0.3 is 12.3 Å². The molecule has 2 heterocycles. The van der Waals surface area contributed by atoms with E-state index in [4.69, 9.17) is 10.5 Å². The van der Waals surface area contributed by atoms with Crippen molar-refractivity contribution in [1.82, 2.24) is 25.2 Å². The second kappa shape index (κ2) is 11.2. The van der Waals surface area contributed by atoms with E-state index in [1.54, 1.807) is 39.2 Å². The Labute approximate surface area is 235 Å². The molecule has 2 saturated carbocycles. The standard InChI is InChI=1S/C26H37F5N6O2S/c1-23(2,3)39-22(38)36-21(16-6-8-24(27,28)9-7-16)18-12-37-19(35-18)10-17(11-34-37)20(15-4-5-15)33-14-25(32,40)13-26(29,30)31/h10-12,15-16,20-21,33,40H,4-9,13-14,32H2,1-3H3,(H,36,38)/t20-,21+,25?/m1/s1. The summed E-state index contributed by atoms with van der Waals surface area (Å²) in [4.78, 5) is 15.6. The number of rotatable bonds is 9. The number of alkyl carbamates (subject to hydrolysis) is 1. The normalized spacial score (nSPS) is 21.6. The Balaban J connectivity index is 1.56. The highest BCUT2D eigenvalue weighted by molar-refractivity contribution is 7.81. The van der Waals surface area contributed by atoms with Crippen molar-refractivity contribution in [3.8, 4) is 0 Å². The topological polar surface area (TPSA) is 107 Å². The van der Waals surface area contributed by atoms with Crippen molar-refractivity contribution < 1.29 is 31.5 Å². The number of fused-ring (bicyclic) bond motifs is 1. The first-order valence-corrected chi connectivity index (χ1v) is 13.9. The van der Waals surface area contributed by atoms with Gasteiger partial charge in [0.2, 0.25) is 5.92 Å². The summed E-state index contributed by atoms with van der Waals surface area (Å²) in [5, 5.41) is 10.4. The summed E-state index contributed by atoms with van der Waals surface area (Å²) in [5.74, 6) is -2.81. The number of hydrogen-bond acceptors (Lipinski definition) is 7. The fourth-order valence-corrected chi connectivity index (χ4v) is 5.45. The predicted octanol–water partition coefficient (Wildman–Crippen LogP) is 5.70. The van der Waals surface area contributed by atoms with Gasteiger partial charge in [-0.2, -0.15) is 30.9 Å². The third-order valence-corrected chi connectivity index (χ3v) is 7.49. The average molecular weight is 593 g/mol. The molecule has 2 aromatic heterocycles. The van der Waals surface area contributed by atoms with Gasteiger partial charge in [0.05, 0.1) is 35.4 Å². The number of ether oxygens (including phenoxy) is 1.